The smallest absolute Gasteiger partial charge is 0.251 e. The first-order valence-corrected chi connectivity index (χ1v) is 13.6. The van der Waals surface area contributed by atoms with Crippen molar-refractivity contribution in [3.8, 4) is 0 Å². The predicted molar refractivity (Wildman–Crippen MR) is 146 cm³/mol. The largest absolute Gasteiger partial charge is 0.354 e. The third-order valence-electron chi connectivity index (χ3n) is 6.36. The highest BCUT2D eigenvalue weighted by Crippen LogP contribution is 2.29. The number of hydrogen-bond acceptors (Lipinski definition) is 7. The average molecular weight is 505 g/mol. The van der Waals surface area contributed by atoms with Crippen molar-refractivity contribution in [1.82, 2.24) is 25.2 Å². The van der Waals surface area contributed by atoms with Gasteiger partial charge in [0.1, 0.15) is 5.82 Å². The molecule has 2 aromatic heterocycles. The lowest BCUT2D eigenvalue weighted by atomic mass is 9.92. The van der Waals surface area contributed by atoms with E-state index in [1.165, 1.54) is 0 Å². The molecular formula is C28H36N6OS. The zero-order chi connectivity index (χ0) is 25.5. The first-order chi connectivity index (χ1) is 17.3. The van der Waals surface area contributed by atoms with Crippen molar-refractivity contribution in [2.24, 2.45) is 0 Å². The number of piperazine rings is 1. The minimum Gasteiger partial charge on any atom is -0.354 e. The van der Waals surface area contributed by atoms with Crippen LogP contribution >= 0.6 is 11.8 Å². The molecule has 1 aliphatic heterocycles. The molecule has 0 aliphatic carbocycles. The van der Waals surface area contributed by atoms with Gasteiger partial charge in [-0.3, -0.25) is 9.78 Å². The average Bonchev–Trinajstić information content (AvgIpc) is 2.91. The number of hydrogen-bond donors (Lipinski definition) is 1. The number of carbonyl (C=O) groups excluding carboxylic acids is 1. The molecule has 0 saturated carbocycles. The van der Waals surface area contributed by atoms with Crippen LogP contribution in [-0.2, 0) is 17.7 Å². The van der Waals surface area contributed by atoms with Crippen LogP contribution in [0.5, 0.6) is 0 Å². The minimum absolute atomic E-state index is 0.0525. The van der Waals surface area contributed by atoms with Gasteiger partial charge in [0.2, 0.25) is 0 Å². The Labute approximate surface area is 218 Å². The fourth-order valence-electron chi connectivity index (χ4n) is 4.00. The molecule has 0 unspecified atom stereocenters. The van der Waals surface area contributed by atoms with Gasteiger partial charge in [-0.15, -0.1) is 0 Å². The highest BCUT2D eigenvalue weighted by molar-refractivity contribution is 7.98. The second-order valence-corrected chi connectivity index (χ2v) is 11.0. The van der Waals surface area contributed by atoms with Gasteiger partial charge in [0.05, 0.1) is 5.69 Å². The molecule has 1 N–H and O–H groups in total. The Morgan fingerprint density at radius 1 is 1.03 bits per heavy atom. The summed E-state index contributed by atoms with van der Waals surface area (Å²) < 4.78 is 0. The number of benzene rings is 1. The molecule has 7 nitrogen and oxygen atoms in total. The molecule has 3 aromatic rings. The van der Waals surface area contributed by atoms with Crippen molar-refractivity contribution in [2.75, 3.05) is 37.6 Å². The molecule has 1 aromatic carbocycles. The Balaban J connectivity index is 1.39. The van der Waals surface area contributed by atoms with E-state index in [9.17, 15) is 4.79 Å². The van der Waals surface area contributed by atoms with Crippen LogP contribution in [0.25, 0.3) is 0 Å². The van der Waals surface area contributed by atoms with Gasteiger partial charge >= 0.3 is 0 Å². The number of likely N-dealkylation sites (N-methyl/N-ethyl adjacent to an activating group) is 1. The maximum Gasteiger partial charge on any atom is 0.251 e. The van der Waals surface area contributed by atoms with E-state index in [-0.39, 0.29) is 11.3 Å². The summed E-state index contributed by atoms with van der Waals surface area (Å²) in [6.07, 6.45) is 3.48. The summed E-state index contributed by atoms with van der Waals surface area (Å²) in [4.78, 5) is 31.3. The summed E-state index contributed by atoms with van der Waals surface area (Å²) in [5.74, 6) is 1.68. The molecule has 1 fully saturated rings. The van der Waals surface area contributed by atoms with E-state index in [1.807, 2.05) is 36.4 Å². The van der Waals surface area contributed by atoms with Gasteiger partial charge < -0.3 is 15.1 Å². The number of amides is 1. The van der Waals surface area contributed by atoms with Crippen LogP contribution in [0.1, 0.15) is 54.9 Å². The molecule has 0 spiro atoms. The summed E-state index contributed by atoms with van der Waals surface area (Å²) in [5, 5.41) is 3.74. The van der Waals surface area contributed by atoms with Crippen LogP contribution in [-0.4, -0.2) is 58.5 Å². The van der Waals surface area contributed by atoms with Crippen molar-refractivity contribution in [2.45, 2.75) is 50.6 Å². The van der Waals surface area contributed by atoms with Gasteiger partial charge in [-0.2, -0.15) is 0 Å². The first kappa shape index (κ1) is 26.1. The van der Waals surface area contributed by atoms with E-state index in [1.54, 1.807) is 24.2 Å². The fraction of sp³-hybridized carbons (Fsp3) is 0.429. The van der Waals surface area contributed by atoms with E-state index in [2.05, 4.69) is 53.9 Å². The van der Waals surface area contributed by atoms with Crippen molar-refractivity contribution in [3.63, 3.8) is 0 Å². The van der Waals surface area contributed by atoms with Crippen molar-refractivity contribution >= 4 is 23.5 Å². The number of aromatic nitrogens is 3. The standard InChI is InChI=1S/C28H36N6OS/c1-5-33-13-15-34(16-14-33)25-17-24(28(2,3)4)31-27(32-25)36-20-21-8-10-23(11-9-21)26(35)30-19-22-7-6-12-29-18-22/h6-12,17-18H,5,13-16,19-20H2,1-4H3,(H,30,35). The Bertz CT molecular complexity index is 1140. The van der Waals surface area contributed by atoms with Crippen molar-refractivity contribution in [1.29, 1.82) is 0 Å². The summed E-state index contributed by atoms with van der Waals surface area (Å²) in [5.41, 5.74) is 3.76. The van der Waals surface area contributed by atoms with Gasteiger partial charge in [-0.1, -0.05) is 57.7 Å². The van der Waals surface area contributed by atoms with Gasteiger partial charge in [-0.25, -0.2) is 9.97 Å². The maximum atomic E-state index is 12.5. The molecule has 0 atom stereocenters. The van der Waals surface area contributed by atoms with Gasteiger partial charge in [0, 0.05) is 67.9 Å². The van der Waals surface area contributed by atoms with E-state index in [0.717, 1.165) is 66.3 Å². The van der Waals surface area contributed by atoms with Crippen LogP contribution in [0.2, 0.25) is 0 Å². The Morgan fingerprint density at radius 3 is 2.42 bits per heavy atom. The molecule has 0 radical (unpaired) electrons. The van der Waals surface area contributed by atoms with Gasteiger partial charge in [0.15, 0.2) is 5.16 Å². The Kier molecular flexibility index (Phi) is 8.59. The molecule has 0 bridgehead atoms. The molecule has 8 heteroatoms. The minimum atomic E-state index is -0.0907. The first-order valence-electron chi connectivity index (χ1n) is 12.6. The monoisotopic (exact) mass is 504 g/mol. The Hall–Kier alpha value is -2.97. The van der Waals surface area contributed by atoms with Crippen LogP contribution in [0.15, 0.2) is 60.0 Å². The second-order valence-electron chi connectivity index (χ2n) is 10.1. The lowest BCUT2D eigenvalue weighted by Gasteiger charge is -2.35. The molecule has 1 amide bonds. The van der Waals surface area contributed by atoms with Gasteiger partial charge in [0.25, 0.3) is 5.91 Å². The SMILES string of the molecule is CCN1CCN(c2cc(C(C)(C)C)nc(SCc3ccc(C(=O)NCc4cccnc4)cc3)n2)CC1. The maximum absolute atomic E-state index is 12.5. The van der Waals surface area contributed by atoms with Gasteiger partial charge in [-0.05, 0) is 35.9 Å². The number of nitrogens with one attached hydrogen (secondary N) is 1. The molecule has 3 heterocycles. The number of thioether (sulfide) groups is 1. The van der Waals surface area contributed by atoms with E-state index in [0.29, 0.717) is 12.1 Å². The number of nitrogens with zero attached hydrogens (tertiary/aromatic N) is 5. The van der Waals surface area contributed by atoms with Crippen molar-refractivity contribution in [3.05, 3.63) is 77.2 Å². The molecule has 190 valence electrons. The summed E-state index contributed by atoms with van der Waals surface area (Å²) in [6.45, 7) is 14.5. The topological polar surface area (TPSA) is 74.2 Å². The van der Waals surface area contributed by atoms with Crippen LogP contribution in [0.3, 0.4) is 0 Å². The molecule has 1 aliphatic rings. The quantitative estimate of drug-likeness (QED) is 0.357. The lowest BCUT2D eigenvalue weighted by Crippen LogP contribution is -2.46. The third-order valence-corrected chi connectivity index (χ3v) is 7.28. The Morgan fingerprint density at radius 2 is 1.78 bits per heavy atom. The number of rotatable bonds is 8. The highest BCUT2D eigenvalue weighted by atomic mass is 32.2. The summed E-state index contributed by atoms with van der Waals surface area (Å²) in [7, 11) is 0. The van der Waals surface area contributed by atoms with E-state index < -0.39 is 0 Å². The normalized spacial score (nSPS) is 14.6. The van der Waals surface area contributed by atoms with Crippen LogP contribution < -0.4 is 10.2 Å². The molecule has 4 rings (SSSR count). The highest BCUT2D eigenvalue weighted by Gasteiger charge is 2.22. The zero-order valence-electron chi connectivity index (χ0n) is 21.7. The molecule has 1 saturated heterocycles. The second kappa shape index (κ2) is 11.8. The summed E-state index contributed by atoms with van der Waals surface area (Å²) in [6, 6.07) is 13.7. The van der Waals surface area contributed by atoms with E-state index >= 15 is 0 Å². The number of pyridine rings is 1. The van der Waals surface area contributed by atoms with Crippen molar-refractivity contribution < 1.29 is 4.79 Å². The zero-order valence-corrected chi connectivity index (χ0v) is 22.5. The molecule has 36 heavy (non-hydrogen) atoms. The fourth-order valence-corrected chi connectivity index (χ4v) is 4.81. The predicted octanol–water partition coefficient (Wildman–Crippen LogP) is 4.53. The number of anilines is 1. The van der Waals surface area contributed by atoms with Crippen LogP contribution in [0.4, 0.5) is 5.82 Å². The number of carbonyl (C=O) groups is 1. The van der Waals surface area contributed by atoms with Crippen LogP contribution in [0, 0.1) is 0 Å². The lowest BCUT2D eigenvalue weighted by molar-refractivity contribution is 0.0951. The third kappa shape index (κ3) is 7.04. The van der Waals surface area contributed by atoms with E-state index in [4.69, 9.17) is 9.97 Å². The molecular weight excluding hydrogens is 468 g/mol. The summed E-state index contributed by atoms with van der Waals surface area (Å²) >= 11 is 1.64.